The van der Waals surface area contributed by atoms with Gasteiger partial charge in [-0.3, -0.25) is 4.90 Å². The number of thioether (sulfide) groups is 1. The van der Waals surface area contributed by atoms with Crippen LogP contribution in [0.2, 0.25) is 0 Å². The second kappa shape index (κ2) is 6.78. The van der Waals surface area contributed by atoms with Crippen LogP contribution in [-0.2, 0) is 0 Å². The van der Waals surface area contributed by atoms with Gasteiger partial charge in [-0.05, 0) is 43.7 Å². The van der Waals surface area contributed by atoms with Crippen LogP contribution in [0.4, 0.5) is 0 Å². The maximum absolute atomic E-state index is 3.72. The predicted molar refractivity (Wildman–Crippen MR) is 83.7 cm³/mol. The first kappa shape index (κ1) is 13.5. The van der Waals surface area contributed by atoms with Gasteiger partial charge in [0.05, 0.1) is 0 Å². The normalized spacial score (nSPS) is 29.9. The van der Waals surface area contributed by atoms with E-state index in [1.54, 1.807) is 0 Å². The molecule has 2 fully saturated rings. The van der Waals surface area contributed by atoms with E-state index in [-0.39, 0.29) is 0 Å². The highest BCUT2D eigenvalue weighted by atomic mass is 32.2. The summed E-state index contributed by atoms with van der Waals surface area (Å²) in [4.78, 5) is 2.74. The molecule has 2 aliphatic rings. The van der Waals surface area contributed by atoms with Crippen molar-refractivity contribution in [2.75, 3.05) is 31.1 Å². The van der Waals surface area contributed by atoms with Gasteiger partial charge >= 0.3 is 0 Å². The van der Waals surface area contributed by atoms with Gasteiger partial charge < -0.3 is 5.32 Å². The van der Waals surface area contributed by atoms with Crippen LogP contribution in [0.5, 0.6) is 0 Å². The Bertz CT molecular complexity index is 376. The van der Waals surface area contributed by atoms with Gasteiger partial charge in [-0.2, -0.15) is 11.8 Å². The summed E-state index contributed by atoms with van der Waals surface area (Å²) in [6.45, 7) is 3.59. The molecule has 2 aliphatic heterocycles. The van der Waals surface area contributed by atoms with E-state index >= 15 is 0 Å². The average molecular weight is 276 g/mol. The Morgan fingerprint density at radius 2 is 2.05 bits per heavy atom. The highest BCUT2D eigenvalue weighted by Crippen LogP contribution is 2.25. The van der Waals surface area contributed by atoms with Crippen LogP contribution < -0.4 is 5.32 Å². The highest BCUT2D eigenvalue weighted by Gasteiger charge is 2.26. The monoisotopic (exact) mass is 276 g/mol. The van der Waals surface area contributed by atoms with Crippen LogP contribution in [0.25, 0.3) is 0 Å². The smallest absolute Gasteiger partial charge is 0.0449 e. The number of benzene rings is 1. The Morgan fingerprint density at radius 3 is 2.84 bits per heavy atom. The Labute approximate surface area is 121 Å². The highest BCUT2D eigenvalue weighted by molar-refractivity contribution is 7.99. The van der Waals surface area contributed by atoms with Crippen molar-refractivity contribution in [3.05, 3.63) is 35.9 Å². The van der Waals surface area contributed by atoms with E-state index in [0.717, 1.165) is 12.6 Å². The lowest BCUT2D eigenvalue weighted by molar-refractivity contribution is 0.197. The van der Waals surface area contributed by atoms with E-state index < -0.39 is 0 Å². The minimum absolute atomic E-state index is 0.510. The number of hydrogen-bond donors (Lipinski definition) is 1. The van der Waals surface area contributed by atoms with E-state index in [1.807, 2.05) is 0 Å². The summed E-state index contributed by atoms with van der Waals surface area (Å²) in [5.74, 6) is 2.70. The van der Waals surface area contributed by atoms with E-state index in [4.69, 9.17) is 0 Å². The first-order chi connectivity index (χ1) is 9.43. The van der Waals surface area contributed by atoms with E-state index in [2.05, 4.69) is 52.3 Å². The maximum atomic E-state index is 3.72. The second-order valence-electron chi connectivity index (χ2n) is 5.64. The van der Waals surface area contributed by atoms with Crippen molar-refractivity contribution in [1.29, 1.82) is 0 Å². The average Bonchev–Trinajstić information content (AvgIpc) is 2.75. The lowest BCUT2D eigenvalue weighted by Crippen LogP contribution is -2.41. The molecule has 0 radical (unpaired) electrons. The van der Waals surface area contributed by atoms with Crippen molar-refractivity contribution < 1.29 is 0 Å². The van der Waals surface area contributed by atoms with E-state index in [0.29, 0.717) is 6.04 Å². The summed E-state index contributed by atoms with van der Waals surface area (Å²) in [5, 5.41) is 3.72. The van der Waals surface area contributed by atoms with Gasteiger partial charge in [0.2, 0.25) is 0 Å². The fraction of sp³-hybridized carbons (Fsp3) is 0.625. The zero-order chi connectivity index (χ0) is 12.9. The molecule has 0 aromatic heterocycles. The van der Waals surface area contributed by atoms with Gasteiger partial charge in [-0.25, -0.2) is 0 Å². The quantitative estimate of drug-likeness (QED) is 0.894. The Balaban J connectivity index is 1.68. The van der Waals surface area contributed by atoms with Gasteiger partial charge in [-0.1, -0.05) is 30.3 Å². The van der Waals surface area contributed by atoms with Crippen molar-refractivity contribution in [3.8, 4) is 0 Å². The van der Waals surface area contributed by atoms with Crippen molar-refractivity contribution >= 4 is 11.8 Å². The Morgan fingerprint density at radius 1 is 1.16 bits per heavy atom. The molecule has 2 heterocycles. The topological polar surface area (TPSA) is 15.3 Å². The second-order valence-corrected chi connectivity index (χ2v) is 6.79. The molecule has 0 aliphatic carbocycles. The maximum Gasteiger partial charge on any atom is 0.0449 e. The molecule has 2 saturated heterocycles. The number of hydrogen-bond acceptors (Lipinski definition) is 3. The number of rotatable bonds is 2. The number of nitrogens with zero attached hydrogens (tertiary/aromatic N) is 1. The SMILES string of the molecule is c1ccc(C2CN(C3CCCSC3)CCCN2)cc1. The zero-order valence-corrected chi connectivity index (χ0v) is 12.4. The predicted octanol–water partition coefficient (Wildman–Crippen LogP) is 2.92. The molecule has 19 heavy (non-hydrogen) atoms. The van der Waals surface area contributed by atoms with Crippen LogP contribution in [-0.4, -0.2) is 42.1 Å². The van der Waals surface area contributed by atoms with E-state index in [1.165, 1.54) is 49.4 Å². The summed E-state index contributed by atoms with van der Waals surface area (Å²) in [7, 11) is 0. The first-order valence-electron chi connectivity index (χ1n) is 7.53. The summed E-state index contributed by atoms with van der Waals surface area (Å²) >= 11 is 2.14. The zero-order valence-electron chi connectivity index (χ0n) is 11.6. The van der Waals surface area contributed by atoms with Crippen molar-refractivity contribution in [2.24, 2.45) is 0 Å². The molecule has 1 N–H and O–H groups in total. The van der Waals surface area contributed by atoms with Crippen molar-refractivity contribution in [1.82, 2.24) is 10.2 Å². The van der Waals surface area contributed by atoms with Gasteiger partial charge in [0, 0.05) is 24.4 Å². The molecule has 3 heteroatoms. The molecule has 1 aromatic rings. The van der Waals surface area contributed by atoms with Gasteiger partial charge in [0.15, 0.2) is 0 Å². The third-order valence-corrected chi connectivity index (χ3v) is 5.48. The molecule has 2 unspecified atom stereocenters. The van der Waals surface area contributed by atoms with Gasteiger partial charge in [-0.15, -0.1) is 0 Å². The summed E-state index contributed by atoms with van der Waals surface area (Å²) in [5.41, 5.74) is 1.44. The molecule has 0 saturated carbocycles. The van der Waals surface area contributed by atoms with Gasteiger partial charge in [0.1, 0.15) is 0 Å². The molecule has 3 rings (SSSR count). The van der Waals surface area contributed by atoms with Gasteiger partial charge in [0.25, 0.3) is 0 Å². The fourth-order valence-electron chi connectivity index (χ4n) is 3.20. The third-order valence-electron chi connectivity index (χ3n) is 4.28. The van der Waals surface area contributed by atoms with Crippen molar-refractivity contribution in [2.45, 2.75) is 31.3 Å². The Hall–Kier alpha value is -0.510. The first-order valence-corrected chi connectivity index (χ1v) is 8.69. The largest absolute Gasteiger partial charge is 0.309 e. The Kier molecular flexibility index (Phi) is 4.81. The third kappa shape index (κ3) is 3.53. The van der Waals surface area contributed by atoms with Crippen LogP contribution in [0.3, 0.4) is 0 Å². The van der Waals surface area contributed by atoms with Crippen LogP contribution in [0.15, 0.2) is 30.3 Å². The molecule has 0 amide bonds. The molecular formula is C16H24N2S. The minimum atomic E-state index is 0.510. The lowest BCUT2D eigenvalue weighted by Gasteiger charge is -2.34. The summed E-state index contributed by atoms with van der Waals surface area (Å²) < 4.78 is 0. The molecule has 0 bridgehead atoms. The molecule has 0 spiro atoms. The molecule has 2 atom stereocenters. The van der Waals surface area contributed by atoms with E-state index in [9.17, 15) is 0 Å². The molecule has 104 valence electrons. The summed E-state index contributed by atoms with van der Waals surface area (Å²) in [6, 6.07) is 12.3. The van der Waals surface area contributed by atoms with Crippen LogP contribution in [0.1, 0.15) is 30.9 Å². The number of nitrogens with one attached hydrogen (secondary N) is 1. The molecule has 2 nitrogen and oxygen atoms in total. The minimum Gasteiger partial charge on any atom is -0.309 e. The molecule has 1 aromatic carbocycles. The molecular weight excluding hydrogens is 252 g/mol. The lowest BCUT2D eigenvalue weighted by atomic mass is 10.1. The standard InChI is InChI=1S/C16H24N2S/c1-2-6-14(7-3-1)16-12-18(10-5-9-17-16)15-8-4-11-19-13-15/h1-3,6-7,15-17H,4-5,8-13H2. The summed E-state index contributed by atoms with van der Waals surface area (Å²) in [6.07, 6.45) is 4.08. The fourth-order valence-corrected chi connectivity index (χ4v) is 4.39. The van der Waals surface area contributed by atoms with Crippen molar-refractivity contribution in [3.63, 3.8) is 0 Å². The van der Waals surface area contributed by atoms with Crippen LogP contribution >= 0.6 is 11.8 Å². The van der Waals surface area contributed by atoms with Crippen LogP contribution in [0, 0.1) is 0 Å².